The number of nitrogens with zero attached hydrogens (tertiary/aromatic N) is 4. The van der Waals surface area contributed by atoms with Crippen LogP contribution in [0.15, 0.2) is 70.1 Å². The number of rotatable bonds is 5. The summed E-state index contributed by atoms with van der Waals surface area (Å²) in [6.45, 7) is 1.86. The molecule has 3 heterocycles. The molecule has 0 bridgehead atoms. The Hall–Kier alpha value is -4.40. The molecule has 9 heteroatoms. The van der Waals surface area contributed by atoms with E-state index in [1.807, 2.05) is 61.5 Å². The minimum atomic E-state index is -0.204. The lowest BCUT2D eigenvalue weighted by molar-refractivity contribution is 0.416. The van der Waals surface area contributed by atoms with Gasteiger partial charge in [-0.2, -0.15) is 10.1 Å². The fourth-order valence-corrected chi connectivity index (χ4v) is 3.44. The van der Waals surface area contributed by atoms with Gasteiger partial charge in [0.2, 0.25) is 5.82 Å². The number of hydrogen-bond donors (Lipinski definition) is 2. The highest BCUT2D eigenvalue weighted by molar-refractivity contribution is 5.70. The molecule has 0 amide bonds. The van der Waals surface area contributed by atoms with Gasteiger partial charge in [-0.05, 0) is 37.3 Å². The van der Waals surface area contributed by atoms with E-state index in [2.05, 4.69) is 25.3 Å². The lowest BCUT2D eigenvalue weighted by atomic mass is 10.1. The van der Waals surface area contributed by atoms with Crippen molar-refractivity contribution in [2.45, 2.75) is 6.92 Å². The largest absolute Gasteiger partial charge is 0.496 e. The fourth-order valence-electron chi connectivity index (χ4n) is 3.44. The van der Waals surface area contributed by atoms with Crippen molar-refractivity contribution in [2.24, 2.45) is 0 Å². The van der Waals surface area contributed by atoms with E-state index >= 15 is 0 Å². The number of aromatic nitrogens is 6. The molecule has 31 heavy (non-hydrogen) atoms. The molecule has 0 radical (unpaired) electrons. The Morgan fingerprint density at radius 3 is 2.77 bits per heavy atom. The van der Waals surface area contributed by atoms with Gasteiger partial charge >= 0.3 is 5.69 Å². The maximum absolute atomic E-state index is 12.1. The zero-order chi connectivity index (χ0) is 21.4. The second kappa shape index (κ2) is 7.45. The van der Waals surface area contributed by atoms with Gasteiger partial charge in [0.05, 0.1) is 18.5 Å². The highest BCUT2D eigenvalue weighted by atomic mass is 16.5. The Morgan fingerprint density at radius 2 is 1.97 bits per heavy atom. The molecule has 154 valence electrons. The van der Waals surface area contributed by atoms with Gasteiger partial charge in [-0.3, -0.25) is 9.67 Å². The number of imidazole rings is 1. The maximum Gasteiger partial charge on any atom is 0.330 e. The predicted octanol–water partition coefficient (Wildman–Crippen LogP) is 3.59. The molecule has 2 aromatic carbocycles. The molecular formula is C22H18N6O3. The summed E-state index contributed by atoms with van der Waals surface area (Å²) in [5, 5.41) is 11.4. The van der Waals surface area contributed by atoms with E-state index in [9.17, 15) is 4.79 Å². The Bertz CT molecular complexity index is 1420. The van der Waals surface area contributed by atoms with Crippen molar-refractivity contribution in [1.29, 1.82) is 0 Å². The molecule has 0 spiro atoms. The molecule has 0 saturated carbocycles. The van der Waals surface area contributed by atoms with E-state index in [1.165, 1.54) is 0 Å². The smallest absolute Gasteiger partial charge is 0.330 e. The standard InChI is InChI=1S/C22H18N6O3/c1-13-12-23-22(29)28(13)15-7-5-6-14(10-15)20-24-21(31-27-20)18-11-17(25-26-18)16-8-3-4-9-19(16)30-2/h3-12H,1-2H3,(H,23,29)(H,25,26). The van der Waals surface area contributed by atoms with Crippen LogP contribution in [0.4, 0.5) is 0 Å². The number of benzene rings is 2. The highest BCUT2D eigenvalue weighted by Crippen LogP contribution is 2.31. The first-order valence-corrected chi connectivity index (χ1v) is 9.55. The van der Waals surface area contributed by atoms with Gasteiger partial charge in [0.15, 0.2) is 0 Å². The summed E-state index contributed by atoms with van der Waals surface area (Å²) in [6, 6.07) is 16.8. The number of H-pyrrole nitrogens is 2. The maximum atomic E-state index is 12.1. The number of para-hydroxylation sites is 1. The van der Waals surface area contributed by atoms with Crippen molar-refractivity contribution < 1.29 is 9.26 Å². The zero-order valence-electron chi connectivity index (χ0n) is 16.8. The van der Waals surface area contributed by atoms with Crippen molar-refractivity contribution >= 4 is 0 Å². The molecule has 0 aliphatic carbocycles. The van der Waals surface area contributed by atoms with Crippen LogP contribution < -0.4 is 10.4 Å². The molecule has 0 atom stereocenters. The van der Waals surface area contributed by atoms with Crippen LogP contribution in [-0.2, 0) is 0 Å². The average Bonchev–Trinajstić information content (AvgIpc) is 3.54. The molecule has 5 aromatic rings. The molecule has 0 unspecified atom stereocenters. The molecule has 9 nitrogen and oxygen atoms in total. The number of hydrogen-bond acceptors (Lipinski definition) is 6. The third-order valence-corrected chi connectivity index (χ3v) is 4.94. The van der Waals surface area contributed by atoms with E-state index in [1.54, 1.807) is 17.9 Å². The summed E-state index contributed by atoms with van der Waals surface area (Å²) < 4.78 is 12.4. The Balaban J connectivity index is 1.47. The molecule has 5 rings (SSSR count). The number of nitrogens with one attached hydrogen (secondary N) is 2. The topological polar surface area (TPSA) is 115 Å². The predicted molar refractivity (Wildman–Crippen MR) is 114 cm³/mol. The SMILES string of the molecule is COc1ccccc1-c1cc(-c2nc(-c3cccc(-n4c(C)c[nH]c4=O)c3)no2)[nH]n1. The molecule has 2 N–H and O–H groups in total. The van der Waals surface area contributed by atoms with Crippen LogP contribution in [-0.4, -0.2) is 37.0 Å². The van der Waals surface area contributed by atoms with Gasteiger partial charge in [-0.25, -0.2) is 4.79 Å². The first kappa shape index (κ1) is 18.6. The van der Waals surface area contributed by atoms with Crippen LogP contribution in [0.3, 0.4) is 0 Å². The molecule has 0 aliphatic heterocycles. The second-order valence-corrected chi connectivity index (χ2v) is 6.91. The highest BCUT2D eigenvalue weighted by Gasteiger charge is 2.16. The second-order valence-electron chi connectivity index (χ2n) is 6.91. The quantitative estimate of drug-likeness (QED) is 0.454. The van der Waals surface area contributed by atoms with Crippen molar-refractivity contribution in [3.8, 4) is 45.7 Å². The van der Waals surface area contributed by atoms with Crippen molar-refractivity contribution in [3.05, 3.63) is 77.0 Å². The molecule has 0 fully saturated rings. The number of aromatic amines is 2. The summed E-state index contributed by atoms with van der Waals surface area (Å²) >= 11 is 0. The molecule has 0 saturated heterocycles. The summed E-state index contributed by atoms with van der Waals surface area (Å²) in [4.78, 5) is 19.3. The summed E-state index contributed by atoms with van der Waals surface area (Å²) in [5.41, 5.74) is 4.19. The fraction of sp³-hybridized carbons (Fsp3) is 0.0909. The third-order valence-electron chi connectivity index (χ3n) is 4.94. The van der Waals surface area contributed by atoms with Gasteiger partial charge < -0.3 is 14.2 Å². The first-order valence-electron chi connectivity index (χ1n) is 9.55. The monoisotopic (exact) mass is 414 g/mol. The molecule has 3 aromatic heterocycles. The van der Waals surface area contributed by atoms with Crippen LogP contribution >= 0.6 is 0 Å². The summed E-state index contributed by atoms with van der Waals surface area (Å²) in [6.07, 6.45) is 1.67. The van der Waals surface area contributed by atoms with Gasteiger partial charge in [-0.1, -0.05) is 29.4 Å². The zero-order valence-corrected chi connectivity index (χ0v) is 16.8. The molecule has 0 aliphatic rings. The summed E-state index contributed by atoms with van der Waals surface area (Å²) in [5.74, 6) is 1.44. The van der Waals surface area contributed by atoms with Crippen LogP contribution in [0, 0.1) is 6.92 Å². The van der Waals surface area contributed by atoms with Crippen molar-refractivity contribution in [3.63, 3.8) is 0 Å². The van der Waals surface area contributed by atoms with Gasteiger partial charge in [0.25, 0.3) is 5.89 Å². The van der Waals surface area contributed by atoms with E-state index in [0.717, 1.165) is 22.6 Å². The average molecular weight is 414 g/mol. The first-order chi connectivity index (χ1) is 15.1. The van der Waals surface area contributed by atoms with E-state index in [-0.39, 0.29) is 5.69 Å². The van der Waals surface area contributed by atoms with Crippen LogP contribution in [0.25, 0.3) is 39.9 Å². The molecular weight excluding hydrogens is 396 g/mol. The van der Waals surface area contributed by atoms with Crippen molar-refractivity contribution in [2.75, 3.05) is 7.11 Å². The van der Waals surface area contributed by atoms with Gasteiger partial charge in [0.1, 0.15) is 11.4 Å². The number of ether oxygens (including phenoxy) is 1. The van der Waals surface area contributed by atoms with Gasteiger partial charge in [-0.15, -0.1) is 0 Å². The lowest BCUT2D eigenvalue weighted by Gasteiger charge is -2.05. The van der Waals surface area contributed by atoms with Crippen LogP contribution in [0.2, 0.25) is 0 Å². The number of methoxy groups -OCH3 is 1. The normalized spacial score (nSPS) is 11.0. The minimum absolute atomic E-state index is 0.204. The van der Waals surface area contributed by atoms with E-state index in [0.29, 0.717) is 28.8 Å². The van der Waals surface area contributed by atoms with Crippen LogP contribution in [0.1, 0.15) is 5.69 Å². The van der Waals surface area contributed by atoms with Crippen LogP contribution in [0.5, 0.6) is 5.75 Å². The third kappa shape index (κ3) is 3.31. The van der Waals surface area contributed by atoms with E-state index in [4.69, 9.17) is 9.26 Å². The minimum Gasteiger partial charge on any atom is -0.496 e. The Kier molecular flexibility index (Phi) is 4.47. The summed E-state index contributed by atoms with van der Waals surface area (Å²) in [7, 11) is 1.62. The Morgan fingerprint density at radius 1 is 1.10 bits per heavy atom. The van der Waals surface area contributed by atoms with Crippen molar-refractivity contribution in [1.82, 2.24) is 29.9 Å². The number of aryl methyl sites for hydroxylation is 1. The Labute approximate surface area is 176 Å². The lowest BCUT2D eigenvalue weighted by Crippen LogP contribution is -2.15. The van der Waals surface area contributed by atoms with E-state index < -0.39 is 0 Å². The van der Waals surface area contributed by atoms with Gasteiger partial charge in [0, 0.05) is 23.0 Å².